The van der Waals surface area contributed by atoms with Crippen molar-refractivity contribution in [1.29, 1.82) is 0 Å². The lowest BCUT2D eigenvalue weighted by molar-refractivity contribution is 0.595. The quantitative estimate of drug-likeness (QED) is 0.635. The normalized spacial score (nSPS) is 11.1. The first-order valence-corrected chi connectivity index (χ1v) is 4.77. The predicted molar refractivity (Wildman–Crippen MR) is 44.2 cm³/mol. The highest BCUT2D eigenvalue weighted by Gasteiger charge is 2.11. The molecule has 0 amide bonds. The molecule has 0 spiro atoms. The van der Waals surface area contributed by atoms with E-state index in [1.54, 1.807) is 6.92 Å². The summed E-state index contributed by atoms with van der Waals surface area (Å²) in [6, 6.07) is 0. The molecule has 5 heteroatoms. The average Bonchev–Trinajstić information content (AvgIpc) is 2.05. The molecule has 0 N–H and O–H groups in total. The van der Waals surface area contributed by atoms with Crippen molar-refractivity contribution in [2.75, 3.05) is 0 Å². The second-order valence-corrected chi connectivity index (χ2v) is 4.04. The molecule has 1 aromatic heterocycles. The van der Waals surface area contributed by atoms with Crippen LogP contribution in [0, 0.1) is 6.92 Å². The smallest absolute Gasteiger partial charge is 0.226 e. The van der Waals surface area contributed by atoms with E-state index in [1.165, 1.54) is 12.4 Å². The number of nitrogens with zero attached hydrogens (tertiary/aromatic N) is 2. The summed E-state index contributed by atoms with van der Waals surface area (Å²) in [4.78, 5) is 7.30. The van der Waals surface area contributed by atoms with Crippen LogP contribution in [0.4, 0.5) is 0 Å². The number of aromatic nitrogens is 2. The minimum absolute atomic E-state index is 0.205. The second-order valence-electron chi connectivity index (χ2n) is 2.25. The molecule has 1 aromatic rings. The summed E-state index contributed by atoms with van der Waals surface area (Å²) < 4.78 is 22.1. The van der Waals surface area contributed by atoms with Gasteiger partial charge in [0.15, 0.2) is 0 Å². The Morgan fingerprint density at radius 2 is 1.92 bits per heavy atom. The van der Waals surface area contributed by atoms with Crippen LogP contribution < -0.4 is 0 Å². The minimum Gasteiger partial charge on any atom is -0.226 e. The lowest BCUT2D eigenvalue weighted by Gasteiger charge is -1.95. The van der Waals surface area contributed by atoms with Crippen molar-refractivity contribution in [2.45, 2.75) is 12.1 Å². The van der Waals surface area contributed by atoms with Gasteiger partial charge in [0.25, 0.3) is 5.16 Å². The fraction of sp³-hybridized carbons (Fsp3) is 0.143. The van der Waals surface area contributed by atoms with Crippen LogP contribution in [0.2, 0.25) is 0 Å². The van der Waals surface area contributed by atoms with E-state index < -0.39 is 9.84 Å². The Morgan fingerprint density at radius 1 is 1.42 bits per heavy atom. The standard InChI is InChI=1S/C7H8N2O2S/c1-3-12(10,11)7-8-4-6(2)5-9-7/h3-5H,1H2,2H3. The lowest BCUT2D eigenvalue weighted by atomic mass is 10.4. The van der Waals surface area contributed by atoms with Crippen LogP contribution in [-0.2, 0) is 9.84 Å². The molecule has 0 saturated carbocycles. The van der Waals surface area contributed by atoms with Crippen molar-refractivity contribution < 1.29 is 8.42 Å². The van der Waals surface area contributed by atoms with Crippen molar-refractivity contribution in [2.24, 2.45) is 0 Å². The molecule has 1 rings (SSSR count). The zero-order chi connectivity index (χ0) is 9.19. The van der Waals surface area contributed by atoms with Gasteiger partial charge in [-0.1, -0.05) is 6.58 Å². The zero-order valence-corrected chi connectivity index (χ0v) is 7.37. The molecule has 64 valence electrons. The zero-order valence-electron chi connectivity index (χ0n) is 6.56. The SMILES string of the molecule is C=CS(=O)(=O)c1ncc(C)cn1. The third kappa shape index (κ3) is 1.68. The van der Waals surface area contributed by atoms with Crippen LogP contribution in [0.25, 0.3) is 0 Å². The molecule has 0 unspecified atom stereocenters. The summed E-state index contributed by atoms with van der Waals surface area (Å²) in [7, 11) is -3.47. The Bertz CT molecular complexity index is 380. The van der Waals surface area contributed by atoms with Gasteiger partial charge < -0.3 is 0 Å². The first kappa shape index (κ1) is 8.86. The van der Waals surface area contributed by atoms with Crippen LogP contribution in [-0.4, -0.2) is 18.4 Å². The maximum Gasteiger partial charge on any atom is 0.251 e. The van der Waals surface area contributed by atoms with Crippen LogP contribution in [0.3, 0.4) is 0 Å². The molecule has 0 bridgehead atoms. The Balaban J connectivity index is 3.23. The monoisotopic (exact) mass is 184 g/mol. The first-order valence-electron chi connectivity index (χ1n) is 3.22. The van der Waals surface area contributed by atoms with Crippen molar-refractivity contribution in [1.82, 2.24) is 9.97 Å². The summed E-state index contributed by atoms with van der Waals surface area (Å²) in [5.74, 6) is 0. The third-order valence-electron chi connectivity index (χ3n) is 1.23. The van der Waals surface area contributed by atoms with Gasteiger partial charge in [-0.05, 0) is 12.5 Å². The van der Waals surface area contributed by atoms with Gasteiger partial charge in [0.2, 0.25) is 9.84 Å². The summed E-state index contributed by atoms with van der Waals surface area (Å²) in [5, 5.41) is 0.626. The van der Waals surface area contributed by atoms with Crippen molar-refractivity contribution in [3.8, 4) is 0 Å². The van der Waals surface area contributed by atoms with Crippen molar-refractivity contribution in [3.63, 3.8) is 0 Å². The number of hydrogen-bond acceptors (Lipinski definition) is 4. The van der Waals surface area contributed by atoms with Gasteiger partial charge in [-0.3, -0.25) is 0 Å². The fourth-order valence-electron chi connectivity index (χ4n) is 0.602. The fourth-order valence-corrected chi connectivity index (χ4v) is 1.15. The molecule has 4 nitrogen and oxygen atoms in total. The van der Waals surface area contributed by atoms with E-state index in [4.69, 9.17) is 0 Å². The molecule has 0 atom stereocenters. The Kier molecular flexibility index (Phi) is 2.23. The van der Waals surface area contributed by atoms with Gasteiger partial charge in [0, 0.05) is 17.8 Å². The number of sulfone groups is 1. The Labute approximate surface area is 70.9 Å². The van der Waals surface area contributed by atoms with Gasteiger partial charge >= 0.3 is 0 Å². The maximum absolute atomic E-state index is 11.1. The average molecular weight is 184 g/mol. The number of aryl methyl sites for hydroxylation is 1. The van der Waals surface area contributed by atoms with Crippen molar-refractivity contribution >= 4 is 9.84 Å². The predicted octanol–water partition coefficient (Wildman–Crippen LogP) is 0.702. The molecule has 0 saturated heterocycles. The molecule has 0 aliphatic rings. The topological polar surface area (TPSA) is 59.9 Å². The molecule has 0 fully saturated rings. The van der Waals surface area contributed by atoms with Gasteiger partial charge in [0.05, 0.1) is 0 Å². The number of hydrogen-bond donors (Lipinski definition) is 0. The lowest BCUT2D eigenvalue weighted by Crippen LogP contribution is -2.02. The van der Waals surface area contributed by atoms with E-state index in [9.17, 15) is 8.42 Å². The van der Waals surface area contributed by atoms with Gasteiger partial charge in [-0.25, -0.2) is 18.4 Å². The van der Waals surface area contributed by atoms with Crippen LogP contribution in [0.5, 0.6) is 0 Å². The van der Waals surface area contributed by atoms with E-state index in [2.05, 4.69) is 16.5 Å². The molecule has 0 aliphatic carbocycles. The van der Waals surface area contributed by atoms with Crippen LogP contribution >= 0.6 is 0 Å². The molecule has 0 radical (unpaired) electrons. The Morgan fingerprint density at radius 3 is 2.33 bits per heavy atom. The van der Waals surface area contributed by atoms with Crippen LogP contribution in [0.1, 0.15) is 5.56 Å². The maximum atomic E-state index is 11.1. The molecular weight excluding hydrogens is 176 g/mol. The highest BCUT2D eigenvalue weighted by atomic mass is 32.2. The third-order valence-corrected chi connectivity index (χ3v) is 2.39. The van der Waals surface area contributed by atoms with Gasteiger partial charge in [0.1, 0.15) is 0 Å². The molecule has 0 aromatic carbocycles. The molecule has 12 heavy (non-hydrogen) atoms. The number of rotatable bonds is 2. The van der Waals surface area contributed by atoms with E-state index in [0.29, 0.717) is 0 Å². The molecule has 1 heterocycles. The van der Waals surface area contributed by atoms with E-state index in [-0.39, 0.29) is 5.16 Å². The summed E-state index contributed by atoms with van der Waals surface area (Å²) in [5.41, 5.74) is 0.818. The molecule has 0 aliphatic heterocycles. The van der Waals surface area contributed by atoms with Gasteiger partial charge in [-0.15, -0.1) is 0 Å². The molecular formula is C7H8N2O2S. The minimum atomic E-state index is -3.47. The van der Waals surface area contributed by atoms with Gasteiger partial charge in [-0.2, -0.15) is 0 Å². The highest BCUT2D eigenvalue weighted by molar-refractivity contribution is 7.94. The van der Waals surface area contributed by atoms with Crippen LogP contribution in [0.15, 0.2) is 29.5 Å². The summed E-state index contributed by atoms with van der Waals surface area (Å²) >= 11 is 0. The highest BCUT2D eigenvalue weighted by Crippen LogP contribution is 2.04. The summed E-state index contributed by atoms with van der Waals surface area (Å²) in [6.45, 7) is 4.95. The summed E-state index contributed by atoms with van der Waals surface area (Å²) in [6.07, 6.45) is 2.90. The first-order chi connectivity index (χ1) is 5.56. The largest absolute Gasteiger partial charge is 0.251 e. The van der Waals surface area contributed by atoms with Crippen molar-refractivity contribution in [3.05, 3.63) is 29.9 Å². The Hall–Kier alpha value is -1.23. The van der Waals surface area contributed by atoms with E-state index in [1.807, 2.05) is 0 Å². The second kappa shape index (κ2) is 3.02. The van der Waals surface area contributed by atoms with E-state index in [0.717, 1.165) is 11.0 Å². The van der Waals surface area contributed by atoms with E-state index >= 15 is 0 Å².